The van der Waals surface area contributed by atoms with Crippen LogP contribution in [-0.4, -0.2) is 18.9 Å². The van der Waals surface area contributed by atoms with Crippen LogP contribution in [0.5, 0.6) is 5.75 Å². The van der Waals surface area contributed by atoms with Gasteiger partial charge in [0.25, 0.3) is 0 Å². The summed E-state index contributed by atoms with van der Waals surface area (Å²) in [4.78, 5) is 26.3. The molecule has 0 aromatic heterocycles. The van der Waals surface area contributed by atoms with E-state index >= 15 is 0 Å². The van der Waals surface area contributed by atoms with Gasteiger partial charge in [-0.3, -0.25) is 9.59 Å². The molecule has 5 nitrogen and oxygen atoms in total. The molecule has 1 saturated heterocycles. The highest BCUT2D eigenvalue weighted by Crippen LogP contribution is 2.40. The van der Waals surface area contributed by atoms with E-state index in [0.29, 0.717) is 29.8 Å². The fourth-order valence-electron chi connectivity index (χ4n) is 2.97. The second-order valence-electron chi connectivity index (χ2n) is 5.17. The zero-order valence-electron chi connectivity index (χ0n) is 11.6. The van der Waals surface area contributed by atoms with Crippen molar-refractivity contribution in [3.05, 3.63) is 35.9 Å². The summed E-state index contributed by atoms with van der Waals surface area (Å²) in [6, 6.07) is 6.73. The van der Waals surface area contributed by atoms with Gasteiger partial charge in [0.1, 0.15) is 5.75 Å². The van der Waals surface area contributed by atoms with E-state index in [4.69, 9.17) is 10.00 Å². The van der Waals surface area contributed by atoms with Gasteiger partial charge in [-0.05, 0) is 25.0 Å². The monoisotopic (exact) mass is 282 g/mol. The SMILES string of the molecule is COc1cc(C#N)ccc1N1C(=O)C2CC=CCC2C1=O. The molecule has 1 aromatic rings. The van der Waals surface area contributed by atoms with E-state index in [2.05, 4.69) is 0 Å². The predicted octanol–water partition coefficient (Wildman–Crippen LogP) is 2.02. The maximum absolute atomic E-state index is 12.5. The number of carbonyl (C=O) groups excluding carboxylic acids is 2. The van der Waals surface area contributed by atoms with Crippen LogP contribution < -0.4 is 9.64 Å². The number of anilines is 1. The number of rotatable bonds is 2. The van der Waals surface area contributed by atoms with Crippen molar-refractivity contribution in [1.82, 2.24) is 0 Å². The van der Waals surface area contributed by atoms with E-state index in [1.807, 2.05) is 18.2 Å². The van der Waals surface area contributed by atoms with Crippen LogP contribution in [0.1, 0.15) is 18.4 Å². The Morgan fingerprint density at radius 1 is 1.19 bits per heavy atom. The molecule has 2 atom stereocenters. The molecule has 5 heteroatoms. The number of methoxy groups -OCH3 is 1. The van der Waals surface area contributed by atoms with Crippen molar-refractivity contribution in [3.63, 3.8) is 0 Å². The smallest absolute Gasteiger partial charge is 0.238 e. The minimum absolute atomic E-state index is 0.183. The molecule has 1 aliphatic heterocycles. The number of amides is 2. The van der Waals surface area contributed by atoms with Gasteiger partial charge in [-0.2, -0.15) is 5.26 Å². The molecule has 3 rings (SSSR count). The molecule has 1 heterocycles. The molecule has 0 saturated carbocycles. The summed E-state index contributed by atoms with van der Waals surface area (Å²) >= 11 is 0. The lowest BCUT2D eigenvalue weighted by Crippen LogP contribution is -2.31. The van der Waals surface area contributed by atoms with E-state index in [-0.39, 0.29) is 23.7 Å². The Labute approximate surface area is 122 Å². The summed E-state index contributed by atoms with van der Waals surface area (Å²) in [5, 5.41) is 8.92. The van der Waals surface area contributed by atoms with Gasteiger partial charge in [0, 0.05) is 6.07 Å². The highest BCUT2D eigenvalue weighted by atomic mass is 16.5. The minimum atomic E-state index is -0.275. The maximum Gasteiger partial charge on any atom is 0.238 e. The lowest BCUT2D eigenvalue weighted by molar-refractivity contribution is -0.122. The van der Waals surface area contributed by atoms with Gasteiger partial charge >= 0.3 is 0 Å². The number of imide groups is 1. The summed E-state index contributed by atoms with van der Waals surface area (Å²) < 4.78 is 5.24. The molecule has 0 N–H and O–H groups in total. The van der Waals surface area contributed by atoms with Gasteiger partial charge in [0.05, 0.1) is 36.3 Å². The quantitative estimate of drug-likeness (QED) is 0.614. The molecule has 2 amide bonds. The van der Waals surface area contributed by atoms with Crippen molar-refractivity contribution >= 4 is 17.5 Å². The van der Waals surface area contributed by atoms with E-state index < -0.39 is 0 Å². The molecular formula is C16H14N2O3. The van der Waals surface area contributed by atoms with Crippen molar-refractivity contribution in [2.45, 2.75) is 12.8 Å². The number of carbonyl (C=O) groups is 2. The average Bonchev–Trinajstić information content (AvgIpc) is 2.79. The second kappa shape index (κ2) is 5.06. The second-order valence-corrected chi connectivity index (χ2v) is 5.17. The van der Waals surface area contributed by atoms with Crippen molar-refractivity contribution in [2.75, 3.05) is 12.0 Å². The first-order valence-electron chi connectivity index (χ1n) is 6.78. The number of benzene rings is 1. The normalized spacial score (nSPS) is 23.9. The first-order chi connectivity index (χ1) is 10.2. The third-order valence-electron chi connectivity index (χ3n) is 4.06. The van der Waals surface area contributed by atoms with E-state index in [9.17, 15) is 9.59 Å². The Balaban J connectivity index is 2.03. The summed E-state index contributed by atoms with van der Waals surface area (Å²) in [5.74, 6) is -0.553. The molecule has 0 bridgehead atoms. The van der Waals surface area contributed by atoms with Crippen LogP contribution in [0.4, 0.5) is 5.69 Å². The van der Waals surface area contributed by atoms with Crippen LogP contribution in [0.25, 0.3) is 0 Å². The summed E-state index contributed by atoms with van der Waals surface area (Å²) in [5.41, 5.74) is 0.842. The molecular weight excluding hydrogens is 268 g/mol. The van der Waals surface area contributed by atoms with Crippen molar-refractivity contribution in [3.8, 4) is 11.8 Å². The Morgan fingerprint density at radius 2 is 1.81 bits per heavy atom. The molecule has 0 radical (unpaired) electrons. The zero-order chi connectivity index (χ0) is 15.0. The molecule has 1 aliphatic carbocycles. The Hall–Kier alpha value is -2.61. The van der Waals surface area contributed by atoms with Crippen LogP contribution >= 0.6 is 0 Å². The topological polar surface area (TPSA) is 70.4 Å². The van der Waals surface area contributed by atoms with E-state index in [1.165, 1.54) is 18.1 Å². The lowest BCUT2D eigenvalue weighted by atomic mass is 9.85. The Kier molecular flexibility index (Phi) is 3.22. The summed E-state index contributed by atoms with van der Waals surface area (Å²) in [6.45, 7) is 0. The number of nitrogens with zero attached hydrogens (tertiary/aromatic N) is 2. The minimum Gasteiger partial charge on any atom is -0.495 e. The van der Waals surface area contributed by atoms with Crippen molar-refractivity contribution in [1.29, 1.82) is 5.26 Å². The van der Waals surface area contributed by atoms with Crippen LogP contribution in [0.15, 0.2) is 30.4 Å². The molecule has 0 spiro atoms. The molecule has 1 aromatic carbocycles. The van der Waals surface area contributed by atoms with Gasteiger partial charge in [0.2, 0.25) is 11.8 Å². The highest BCUT2D eigenvalue weighted by molar-refractivity contribution is 6.22. The van der Waals surface area contributed by atoms with Gasteiger partial charge < -0.3 is 4.74 Å². The van der Waals surface area contributed by atoms with Crippen LogP contribution in [0, 0.1) is 23.2 Å². The molecule has 21 heavy (non-hydrogen) atoms. The largest absolute Gasteiger partial charge is 0.495 e. The van der Waals surface area contributed by atoms with Gasteiger partial charge in [0.15, 0.2) is 0 Å². The molecule has 1 fully saturated rings. The number of hydrogen-bond acceptors (Lipinski definition) is 4. The fraction of sp³-hybridized carbons (Fsp3) is 0.312. The van der Waals surface area contributed by atoms with Gasteiger partial charge in [-0.15, -0.1) is 0 Å². The van der Waals surface area contributed by atoms with E-state index in [0.717, 1.165) is 0 Å². The van der Waals surface area contributed by atoms with Crippen LogP contribution in [0.3, 0.4) is 0 Å². The standard InChI is InChI=1S/C16H14N2O3/c1-21-14-8-10(9-17)6-7-13(14)18-15(19)11-4-2-3-5-12(11)16(18)20/h2-3,6-8,11-12H,4-5H2,1H3. The maximum atomic E-state index is 12.5. The van der Waals surface area contributed by atoms with Gasteiger partial charge in [-0.25, -0.2) is 4.90 Å². The van der Waals surface area contributed by atoms with Gasteiger partial charge in [-0.1, -0.05) is 12.2 Å². The highest BCUT2D eigenvalue weighted by Gasteiger charge is 2.48. The average molecular weight is 282 g/mol. The fourth-order valence-corrected chi connectivity index (χ4v) is 2.97. The zero-order valence-corrected chi connectivity index (χ0v) is 11.6. The first-order valence-corrected chi connectivity index (χ1v) is 6.78. The predicted molar refractivity (Wildman–Crippen MR) is 75.6 cm³/mol. The number of allylic oxidation sites excluding steroid dienone is 2. The van der Waals surface area contributed by atoms with Crippen molar-refractivity contribution in [2.24, 2.45) is 11.8 Å². The summed E-state index contributed by atoms with van der Waals surface area (Å²) in [7, 11) is 1.46. The Bertz CT molecular complexity index is 661. The van der Waals surface area contributed by atoms with Crippen LogP contribution in [0.2, 0.25) is 0 Å². The van der Waals surface area contributed by atoms with E-state index in [1.54, 1.807) is 12.1 Å². The lowest BCUT2D eigenvalue weighted by Gasteiger charge is -2.18. The number of nitriles is 1. The number of ether oxygens (including phenoxy) is 1. The first kappa shape index (κ1) is 13.4. The summed E-state index contributed by atoms with van der Waals surface area (Å²) in [6.07, 6.45) is 5.10. The van der Waals surface area contributed by atoms with Crippen LogP contribution in [-0.2, 0) is 9.59 Å². The Morgan fingerprint density at radius 3 is 2.33 bits per heavy atom. The third-order valence-corrected chi connectivity index (χ3v) is 4.06. The van der Waals surface area contributed by atoms with Crippen molar-refractivity contribution < 1.29 is 14.3 Å². The third kappa shape index (κ3) is 2.00. The molecule has 2 aliphatic rings. The number of hydrogen-bond donors (Lipinski definition) is 0. The molecule has 106 valence electrons. The molecule has 2 unspecified atom stereocenters. The number of fused-ring (bicyclic) bond motifs is 1.